The van der Waals surface area contributed by atoms with E-state index in [1.165, 1.54) is 0 Å². The van der Waals surface area contributed by atoms with E-state index in [9.17, 15) is 4.79 Å². The second-order valence-electron chi connectivity index (χ2n) is 4.06. The Morgan fingerprint density at radius 2 is 2.12 bits per heavy atom. The van der Waals surface area contributed by atoms with E-state index in [-0.39, 0.29) is 12.1 Å². The van der Waals surface area contributed by atoms with Gasteiger partial charge in [0.1, 0.15) is 6.10 Å². The molecule has 1 saturated carbocycles. The summed E-state index contributed by atoms with van der Waals surface area (Å²) in [4.78, 5) is 11.8. The summed E-state index contributed by atoms with van der Waals surface area (Å²) in [6.45, 7) is 0.517. The van der Waals surface area contributed by atoms with Crippen LogP contribution in [0.25, 0.3) is 0 Å². The zero-order valence-corrected chi connectivity index (χ0v) is 9.06. The number of rotatable bonds is 5. The summed E-state index contributed by atoms with van der Waals surface area (Å²) < 4.78 is 5.42. The van der Waals surface area contributed by atoms with Crippen molar-refractivity contribution in [2.45, 2.75) is 18.9 Å². The van der Waals surface area contributed by atoms with Gasteiger partial charge in [-0.3, -0.25) is 11.3 Å². The molecule has 1 aromatic rings. The van der Waals surface area contributed by atoms with Crippen LogP contribution in [0.15, 0.2) is 30.3 Å². The van der Waals surface area contributed by atoms with Gasteiger partial charge in [0.15, 0.2) is 0 Å². The Morgan fingerprint density at radius 1 is 1.44 bits per heavy atom. The lowest BCUT2D eigenvalue weighted by Gasteiger charge is -2.16. The third kappa shape index (κ3) is 2.81. The molecule has 3 N–H and O–H groups in total. The SMILES string of the molecule is NNCC(OC(=O)c1ccccc1)C1CC1. The summed E-state index contributed by atoms with van der Waals surface area (Å²) in [5, 5.41) is 0. The molecular formula is C12H16N2O2. The van der Waals surface area contributed by atoms with Crippen LogP contribution in [-0.2, 0) is 4.74 Å². The van der Waals surface area contributed by atoms with Crippen molar-refractivity contribution in [1.82, 2.24) is 5.43 Å². The number of ether oxygens (including phenoxy) is 1. The van der Waals surface area contributed by atoms with Crippen molar-refractivity contribution in [2.75, 3.05) is 6.54 Å². The quantitative estimate of drug-likeness (QED) is 0.443. The van der Waals surface area contributed by atoms with Crippen LogP contribution in [0.4, 0.5) is 0 Å². The number of benzene rings is 1. The Morgan fingerprint density at radius 3 is 2.69 bits per heavy atom. The van der Waals surface area contributed by atoms with Gasteiger partial charge in [0.25, 0.3) is 0 Å². The topological polar surface area (TPSA) is 64.3 Å². The average Bonchev–Trinajstić information content (AvgIpc) is 3.13. The Bertz CT molecular complexity index is 349. The van der Waals surface area contributed by atoms with Gasteiger partial charge in [0.2, 0.25) is 0 Å². The normalized spacial score (nSPS) is 16.8. The van der Waals surface area contributed by atoms with Crippen molar-refractivity contribution in [1.29, 1.82) is 0 Å². The monoisotopic (exact) mass is 220 g/mol. The van der Waals surface area contributed by atoms with Crippen molar-refractivity contribution < 1.29 is 9.53 Å². The Kier molecular flexibility index (Phi) is 3.54. The van der Waals surface area contributed by atoms with Crippen molar-refractivity contribution in [2.24, 2.45) is 11.8 Å². The number of carbonyl (C=O) groups is 1. The fourth-order valence-electron chi connectivity index (χ4n) is 1.67. The number of hydrogen-bond acceptors (Lipinski definition) is 4. The standard InChI is InChI=1S/C12H16N2O2/c13-14-8-11(9-6-7-9)16-12(15)10-4-2-1-3-5-10/h1-5,9,11,14H,6-8,13H2. The van der Waals surface area contributed by atoms with E-state index in [2.05, 4.69) is 5.43 Å². The van der Waals surface area contributed by atoms with Crippen LogP contribution in [0.5, 0.6) is 0 Å². The van der Waals surface area contributed by atoms with E-state index in [0.717, 1.165) is 12.8 Å². The molecule has 0 aromatic heterocycles. The van der Waals surface area contributed by atoms with Gasteiger partial charge in [-0.2, -0.15) is 0 Å². The Labute approximate surface area is 94.8 Å². The van der Waals surface area contributed by atoms with E-state index in [1.54, 1.807) is 12.1 Å². The lowest BCUT2D eigenvalue weighted by Crippen LogP contribution is -2.36. The average molecular weight is 220 g/mol. The minimum Gasteiger partial charge on any atom is -0.457 e. The highest BCUT2D eigenvalue weighted by Crippen LogP contribution is 2.34. The van der Waals surface area contributed by atoms with Gasteiger partial charge in [-0.25, -0.2) is 4.79 Å². The van der Waals surface area contributed by atoms with Gasteiger partial charge >= 0.3 is 5.97 Å². The highest BCUT2D eigenvalue weighted by Gasteiger charge is 2.33. The minimum absolute atomic E-state index is 0.0993. The van der Waals surface area contributed by atoms with Crippen molar-refractivity contribution in [3.05, 3.63) is 35.9 Å². The van der Waals surface area contributed by atoms with Gasteiger partial charge < -0.3 is 4.74 Å². The summed E-state index contributed by atoms with van der Waals surface area (Å²) in [5.41, 5.74) is 3.16. The van der Waals surface area contributed by atoms with Crippen LogP contribution in [0, 0.1) is 5.92 Å². The highest BCUT2D eigenvalue weighted by molar-refractivity contribution is 5.89. The van der Waals surface area contributed by atoms with E-state index in [4.69, 9.17) is 10.6 Å². The second-order valence-corrected chi connectivity index (χ2v) is 4.06. The molecule has 1 aliphatic carbocycles. The maximum absolute atomic E-state index is 11.8. The number of hydrogen-bond donors (Lipinski definition) is 2. The molecule has 0 aliphatic heterocycles. The Balaban J connectivity index is 1.95. The maximum atomic E-state index is 11.8. The smallest absolute Gasteiger partial charge is 0.338 e. The van der Waals surface area contributed by atoms with Crippen molar-refractivity contribution >= 4 is 5.97 Å². The summed E-state index contributed by atoms with van der Waals surface area (Å²) in [6.07, 6.45) is 2.14. The van der Waals surface area contributed by atoms with Crippen molar-refractivity contribution in [3.63, 3.8) is 0 Å². The first kappa shape index (κ1) is 11.1. The number of esters is 1. The van der Waals surface area contributed by atoms with Crippen LogP contribution in [0.2, 0.25) is 0 Å². The van der Waals surface area contributed by atoms with E-state index in [0.29, 0.717) is 18.0 Å². The van der Waals surface area contributed by atoms with Crippen LogP contribution >= 0.6 is 0 Å². The van der Waals surface area contributed by atoms with Gasteiger partial charge in [0, 0.05) is 6.54 Å². The number of carbonyl (C=O) groups excluding carboxylic acids is 1. The highest BCUT2D eigenvalue weighted by atomic mass is 16.5. The van der Waals surface area contributed by atoms with Gasteiger partial charge in [0.05, 0.1) is 5.56 Å². The van der Waals surface area contributed by atoms with Crippen LogP contribution in [0.1, 0.15) is 23.2 Å². The largest absolute Gasteiger partial charge is 0.457 e. The molecule has 86 valence electrons. The number of nitrogens with two attached hydrogens (primary N) is 1. The molecule has 0 spiro atoms. The molecule has 1 atom stereocenters. The fourth-order valence-corrected chi connectivity index (χ4v) is 1.67. The van der Waals surface area contributed by atoms with Crippen LogP contribution in [0.3, 0.4) is 0 Å². The lowest BCUT2D eigenvalue weighted by atomic mass is 10.2. The molecular weight excluding hydrogens is 204 g/mol. The van der Waals surface area contributed by atoms with E-state index < -0.39 is 0 Å². The molecule has 1 unspecified atom stereocenters. The first-order valence-electron chi connectivity index (χ1n) is 5.50. The number of hydrazine groups is 1. The predicted octanol–water partition coefficient (Wildman–Crippen LogP) is 1.09. The lowest BCUT2D eigenvalue weighted by molar-refractivity contribution is 0.0249. The zero-order valence-electron chi connectivity index (χ0n) is 9.06. The molecule has 0 heterocycles. The van der Waals surface area contributed by atoms with Gasteiger partial charge in [-0.05, 0) is 30.9 Å². The molecule has 0 radical (unpaired) electrons. The summed E-state index contributed by atoms with van der Waals surface area (Å²) >= 11 is 0. The molecule has 1 aliphatic rings. The maximum Gasteiger partial charge on any atom is 0.338 e. The first-order chi connectivity index (χ1) is 7.81. The van der Waals surface area contributed by atoms with Gasteiger partial charge in [-0.1, -0.05) is 18.2 Å². The Hall–Kier alpha value is -1.39. The van der Waals surface area contributed by atoms with E-state index in [1.807, 2.05) is 18.2 Å². The van der Waals surface area contributed by atoms with Crippen molar-refractivity contribution in [3.8, 4) is 0 Å². The molecule has 4 nitrogen and oxygen atoms in total. The second kappa shape index (κ2) is 5.09. The summed E-state index contributed by atoms with van der Waals surface area (Å²) in [7, 11) is 0. The molecule has 0 bridgehead atoms. The molecule has 4 heteroatoms. The molecule has 1 fully saturated rings. The van der Waals surface area contributed by atoms with E-state index >= 15 is 0 Å². The molecule has 1 aromatic carbocycles. The summed E-state index contributed by atoms with van der Waals surface area (Å²) in [5.74, 6) is 5.47. The predicted molar refractivity (Wildman–Crippen MR) is 60.6 cm³/mol. The third-order valence-electron chi connectivity index (χ3n) is 2.73. The molecule has 0 saturated heterocycles. The zero-order chi connectivity index (χ0) is 11.4. The van der Waals surface area contributed by atoms with Crippen LogP contribution < -0.4 is 11.3 Å². The van der Waals surface area contributed by atoms with Gasteiger partial charge in [-0.15, -0.1) is 0 Å². The minimum atomic E-state index is -0.271. The molecule has 0 amide bonds. The van der Waals surface area contributed by atoms with Crippen LogP contribution in [-0.4, -0.2) is 18.6 Å². The third-order valence-corrected chi connectivity index (χ3v) is 2.73. The first-order valence-corrected chi connectivity index (χ1v) is 5.50. The molecule has 16 heavy (non-hydrogen) atoms. The summed E-state index contributed by atoms with van der Waals surface area (Å²) in [6, 6.07) is 9.02. The fraction of sp³-hybridized carbons (Fsp3) is 0.417. The number of nitrogens with one attached hydrogen (secondary N) is 1. The molecule has 2 rings (SSSR count).